The maximum Gasteiger partial charge on any atom is 0.228 e. The molecule has 3 aliphatic rings. The van der Waals surface area contributed by atoms with E-state index in [-0.39, 0.29) is 11.2 Å². The van der Waals surface area contributed by atoms with E-state index in [0.29, 0.717) is 24.5 Å². The summed E-state index contributed by atoms with van der Waals surface area (Å²) >= 11 is 0. The Balaban J connectivity index is 2.08. The molecule has 1 aliphatic carbocycles. The predicted octanol–water partition coefficient (Wildman–Crippen LogP) is 4.15. The molecule has 0 saturated carbocycles. The van der Waals surface area contributed by atoms with E-state index in [9.17, 15) is 4.79 Å². The van der Waals surface area contributed by atoms with Crippen LogP contribution in [0.2, 0.25) is 0 Å². The molecule has 1 saturated heterocycles. The lowest BCUT2D eigenvalue weighted by molar-refractivity contribution is -0.00743. The maximum absolute atomic E-state index is 13.2. The first-order valence-electron chi connectivity index (χ1n) is 8.25. The van der Waals surface area contributed by atoms with E-state index in [1.54, 1.807) is 6.08 Å². The van der Waals surface area contributed by atoms with Crippen LogP contribution < -0.4 is 0 Å². The number of Topliss-reactive ketones (excluding diaryl/α,β-unsaturated/α-hetero) is 1. The number of allylic oxidation sites excluding steroid dienone is 1. The Kier molecular flexibility index (Phi) is 2.92. The molecule has 0 spiro atoms. The van der Waals surface area contributed by atoms with E-state index in [1.807, 2.05) is 13.0 Å². The smallest absolute Gasteiger partial charge is 0.228 e. The Morgan fingerprint density at radius 1 is 1.30 bits per heavy atom. The Hall–Kier alpha value is -1.87. The highest BCUT2D eigenvalue weighted by Crippen LogP contribution is 2.57. The van der Waals surface area contributed by atoms with E-state index >= 15 is 0 Å². The fraction of sp³-hybridized carbons (Fsp3) is 0.450. The van der Waals surface area contributed by atoms with Crippen LogP contribution in [0.15, 0.2) is 30.0 Å². The number of ketones is 1. The number of fused-ring (bicyclic) bond motifs is 2. The highest BCUT2D eigenvalue weighted by molar-refractivity contribution is 6.13. The molecule has 3 nitrogen and oxygen atoms in total. The van der Waals surface area contributed by atoms with E-state index < -0.39 is 5.60 Å². The third-order valence-corrected chi connectivity index (χ3v) is 5.72. The number of carbonyl (C=O) groups is 1. The van der Waals surface area contributed by atoms with Crippen LogP contribution in [0.5, 0.6) is 0 Å². The van der Waals surface area contributed by atoms with Gasteiger partial charge in [-0.25, -0.2) is 0 Å². The van der Waals surface area contributed by atoms with Crippen LogP contribution in [-0.2, 0) is 15.1 Å². The number of rotatable bonds is 1. The average molecular weight is 310 g/mol. The van der Waals surface area contributed by atoms with Crippen molar-refractivity contribution < 1.29 is 14.3 Å². The second kappa shape index (κ2) is 4.57. The van der Waals surface area contributed by atoms with Gasteiger partial charge in [0.05, 0.1) is 6.61 Å². The van der Waals surface area contributed by atoms with Gasteiger partial charge in [0.1, 0.15) is 5.60 Å². The van der Waals surface area contributed by atoms with E-state index in [0.717, 1.165) is 35.1 Å². The van der Waals surface area contributed by atoms with Gasteiger partial charge in [-0.2, -0.15) is 0 Å². The lowest BCUT2D eigenvalue weighted by atomic mass is 9.66. The van der Waals surface area contributed by atoms with Crippen LogP contribution in [-0.4, -0.2) is 19.0 Å². The summed E-state index contributed by atoms with van der Waals surface area (Å²) in [5.74, 6) is 0.499. The van der Waals surface area contributed by atoms with Crippen molar-refractivity contribution in [3.05, 3.63) is 52.3 Å². The standard InChI is InChI=1S/C20H22O3/c1-5-13-12(2)7-8-14-15(13)16(21)17-18-19(3,11-22-17)9-6-10-23-20(14,18)4/h5,7-8H,1,6,9-11H2,2-4H3/t19-,20+/m0/s1. The number of aryl methyl sites for hydroxylation is 1. The zero-order chi connectivity index (χ0) is 16.4. The number of hydrogen-bond acceptors (Lipinski definition) is 3. The van der Waals surface area contributed by atoms with Gasteiger partial charge in [-0.1, -0.05) is 31.7 Å². The van der Waals surface area contributed by atoms with E-state index in [2.05, 4.69) is 26.5 Å². The summed E-state index contributed by atoms with van der Waals surface area (Å²) in [6, 6.07) is 4.10. The first-order valence-corrected chi connectivity index (χ1v) is 8.25. The summed E-state index contributed by atoms with van der Waals surface area (Å²) < 4.78 is 12.2. The van der Waals surface area contributed by atoms with Crippen LogP contribution in [0, 0.1) is 12.3 Å². The zero-order valence-electron chi connectivity index (χ0n) is 14.0. The predicted molar refractivity (Wildman–Crippen MR) is 89.2 cm³/mol. The number of ether oxygens (including phenoxy) is 2. The maximum atomic E-state index is 13.2. The molecule has 120 valence electrons. The Morgan fingerprint density at radius 2 is 2.09 bits per heavy atom. The molecule has 0 N–H and O–H groups in total. The topological polar surface area (TPSA) is 35.5 Å². The van der Waals surface area contributed by atoms with Crippen LogP contribution in [0.3, 0.4) is 0 Å². The first kappa shape index (κ1) is 14.7. The van der Waals surface area contributed by atoms with Crippen LogP contribution in [0.1, 0.15) is 53.7 Å². The van der Waals surface area contributed by atoms with Gasteiger partial charge in [0.2, 0.25) is 5.78 Å². The van der Waals surface area contributed by atoms with Crippen molar-refractivity contribution in [1.29, 1.82) is 0 Å². The van der Waals surface area contributed by atoms with Crippen molar-refractivity contribution in [2.75, 3.05) is 13.2 Å². The molecule has 0 aromatic heterocycles. The minimum absolute atomic E-state index is 0.0136. The highest BCUT2D eigenvalue weighted by Gasteiger charge is 2.56. The minimum atomic E-state index is -0.591. The van der Waals surface area contributed by atoms with Crippen molar-refractivity contribution in [2.24, 2.45) is 5.41 Å². The number of hydrogen-bond donors (Lipinski definition) is 0. The van der Waals surface area contributed by atoms with Crippen molar-refractivity contribution in [3.8, 4) is 0 Å². The van der Waals surface area contributed by atoms with Crippen molar-refractivity contribution in [3.63, 3.8) is 0 Å². The molecule has 2 atom stereocenters. The highest BCUT2D eigenvalue weighted by atomic mass is 16.5. The van der Waals surface area contributed by atoms with Gasteiger partial charge in [0.25, 0.3) is 0 Å². The molecule has 0 amide bonds. The van der Waals surface area contributed by atoms with Gasteiger partial charge in [-0.05, 0) is 43.4 Å². The van der Waals surface area contributed by atoms with Crippen LogP contribution in [0.4, 0.5) is 0 Å². The van der Waals surface area contributed by atoms with Crippen molar-refractivity contribution in [1.82, 2.24) is 0 Å². The Bertz CT molecular complexity index is 773. The molecule has 23 heavy (non-hydrogen) atoms. The quantitative estimate of drug-likeness (QED) is 0.781. The molecule has 3 heteroatoms. The number of benzene rings is 1. The van der Waals surface area contributed by atoms with Crippen molar-refractivity contribution in [2.45, 2.75) is 39.2 Å². The molecule has 1 fully saturated rings. The van der Waals surface area contributed by atoms with Crippen LogP contribution in [0.25, 0.3) is 6.08 Å². The molecule has 2 heterocycles. The molecule has 2 aliphatic heterocycles. The fourth-order valence-electron chi connectivity index (χ4n) is 4.58. The SMILES string of the molecule is C=Cc1c(C)ccc2c1C(=O)C1=C3[C@@](C)(CCCO[C@@]32C)CO1. The molecule has 0 radical (unpaired) electrons. The van der Waals surface area contributed by atoms with Gasteiger partial charge < -0.3 is 9.47 Å². The first-order chi connectivity index (χ1) is 10.9. The molecular weight excluding hydrogens is 288 g/mol. The molecule has 1 aromatic carbocycles. The summed E-state index contributed by atoms with van der Waals surface area (Å²) in [6.07, 6.45) is 3.74. The largest absolute Gasteiger partial charge is 0.488 e. The van der Waals surface area contributed by atoms with Gasteiger partial charge in [0.15, 0.2) is 5.76 Å². The fourth-order valence-corrected chi connectivity index (χ4v) is 4.58. The second-order valence-corrected chi connectivity index (χ2v) is 7.29. The second-order valence-electron chi connectivity index (χ2n) is 7.29. The normalized spacial score (nSPS) is 32.0. The van der Waals surface area contributed by atoms with E-state index in [4.69, 9.17) is 9.47 Å². The zero-order valence-corrected chi connectivity index (χ0v) is 14.0. The van der Waals surface area contributed by atoms with Gasteiger partial charge in [-0.3, -0.25) is 4.79 Å². The summed E-state index contributed by atoms with van der Waals surface area (Å²) in [7, 11) is 0. The third kappa shape index (κ3) is 1.71. The summed E-state index contributed by atoms with van der Waals surface area (Å²) in [6.45, 7) is 11.5. The summed E-state index contributed by atoms with van der Waals surface area (Å²) in [5.41, 5.74) is 3.94. The third-order valence-electron chi connectivity index (χ3n) is 5.72. The average Bonchev–Trinajstić information content (AvgIpc) is 2.81. The lowest BCUT2D eigenvalue weighted by Gasteiger charge is -2.40. The molecule has 4 rings (SSSR count). The Labute approximate surface area is 137 Å². The molecule has 0 bridgehead atoms. The number of carbonyl (C=O) groups excluding carboxylic acids is 1. The van der Waals surface area contributed by atoms with Gasteiger partial charge in [0, 0.05) is 23.2 Å². The molecule has 1 aromatic rings. The lowest BCUT2D eigenvalue weighted by Crippen LogP contribution is -2.39. The van der Waals surface area contributed by atoms with Gasteiger partial charge in [-0.15, -0.1) is 0 Å². The van der Waals surface area contributed by atoms with Crippen molar-refractivity contribution >= 4 is 11.9 Å². The van der Waals surface area contributed by atoms with E-state index in [1.165, 1.54) is 0 Å². The molecular formula is C20H22O3. The summed E-state index contributed by atoms with van der Waals surface area (Å²) in [5, 5.41) is 0. The van der Waals surface area contributed by atoms with Gasteiger partial charge >= 0.3 is 0 Å². The Morgan fingerprint density at radius 3 is 2.83 bits per heavy atom. The molecule has 0 unspecified atom stereocenters. The minimum Gasteiger partial charge on any atom is -0.488 e. The van der Waals surface area contributed by atoms with Crippen LogP contribution >= 0.6 is 0 Å². The monoisotopic (exact) mass is 310 g/mol. The summed E-state index contributed by atoms with van der Waals surface area (Å²) in [4.78, 5) is 13.2.